The van der Waals surface area contributed by atoms with Gasteiger partial charge in [0, 0.05) is 43.5 Å². The number of rotatable bonds is 3. The second-order valence-corrected chi connectivity index (χ2v) is 8.09. The summed E-state index contributed by atoms with van der Waals surface area (Å²) < 4.78 is 1.85. The predicted molar refractivity (Wildman–Crippen MR) is 125 cm³/mol. The number of hydrogen-bond acceptors (Lipinski definition) is 3. The normalized spacial score (nSPS) is 22.1. The van der Waals surface area contributed by atoms with Gasteiger partial charge in [0.1, 0.15) is 0 Å². The fraction of sp³-hybridized carbons (Fsp3) is 0.231. The van der Waals surface area contributed by atoms with Crippen molar-refractivity contribution in [1.29, 1.82) is 0 Å². The third kappa shape index (κ3) is 3.73. The van der Waals surface area contributed by atoms with Gasteiger partial charge in [-0.05, 0) is 59.5 Å². The highest BCUT2D eigenvalue weighted by Gasteiger charge is 2.21. The Labute approximate surface area is 182 Å². The minimum Gasteiger partial charge on any atom is -0.300 e. The maximum Gasteiger partial charge on any atom is 0.255 e. The maximum absolute atomic E-state index is 13.2. The molecular weight excluding hydrogens is 384 g/mol. The molecule has 156 valence electrons. The van der Waals surface area contributed by atoms with Gasteiger partial charge in [-0.2, -0.15) is 5.10 Å². The van der Waals surface area contributed by atoms with Gasteiger partial charge in [0.25, 0.3) is 5.91 Å². The van der Waals surface area contributed by atoms with Crippen LogP contribution in [0.2, 0.25) is 0 Å². The lowest BCUT2D eigenvalue weighted by molar-refractivity contribution is -0.122. The summed E-state index contributed by atoms with van der Waals surface area (Å²) in [5.74, 6) is -0.0367. The molecular formula is C26H26N4O. The van der Waals surface area contributed by atoms with Gasteiger partial charge in [0.05, 0.1) is 11.7 Å². The van der Waals surface area contributed by atoms with E-state index in [1.54, 1.807) is 11.0 Å². The summed E-state index contributed by atoms with van der Waals surface area (Å²) in [6.07, 6.45) is 19.0. The van der Waals surface area contributed by atoms with Gasteiger partial charge in [-0.1, -0.05) is 37.3 Å². The minimum atomic E-state index is -0.0367. The van der Waals surface area contributed by atoms with Crippen molar-refractivity contribution in [2.24, 2.45) is 7.05 Å². The number of allylic oxidation sites excluding steroid dienone is 7. The molecule has 0 fully saturated rings. The summed E-state index contributed by atoms with van der Waals surface area (Å²) in [7, 11) is 1.93. The molecule has 0 spiro atoms. The van der Waals surface area contributed by atoms with Gasteiger partial charge in [-0.3, -0.25) is 19.3 Å². The average Bonchev–Trinajstić information content (AvgIpc) is 3.17. The number of carbonyl (C=O) groups excluding carboxylic acids is 1. The zero-order valence-electron chi connectivity index (χ0n) is 18.0. The first-order chi connectivity index (χ1) is 15.1. The Morgan fingerprint density at radius 3 is 2.84 bits per heavy atom. The van der Waals surface area contributed by atoms with Gasteiger partial charge in [0.2, 0.25) is 0 Å². The van der Waals surface area contributed by atoms with E-state index >= 15 is 0 Å². The molecule has 0 saturated heterocycles. The molecule has 3 aliphatic heterocycles. The smallest absolute Gasteiger partial charge is 0.255 e. The van der Waals surface area contributed by atoms with E-state index in [0.717, 1.165) is 59.4 Å². The fourth-order valence-corrected chi connectivity index (χ4v) is 4.31. The number of carbonyl (C=O) groups is 1. The van der Waals surface area contributed by atoms with E-state index in [9.17, 15) is 4.79 Å². The number of benzene rings is 1. The second kappa shape index (κ2) is 8.00. The van der Waals surface area contributed by atoms with E-state index in [2.05, 4.69) is 35.1 Å². The van der Waals surface area contributed by atoms with Crippen molar-refractivity contribution in [3.8, 4) is 0 Å². The first-order valence-corrected chi connectivity index (χ1v) is 10.8. The first-order valence-electron chi connectivity index (χ1n) is 10.8. The van der Waals surface area contributed by atoms with Crippen LogP contribution in [0.5, 0.6) is 0 Å². The molecule has 1 aromatic carbocycles. The van der Waals surface area contributed by atoms with Crippen molar-refractivity contribution in [2.45, 2.75) is 13.3 Å². The van der Waals surface area contributed by atoms with Gasteiger partial charge < -0.3 is 0 Å². The summed E-state index contributed by atoms with van der Waals surface area (Å²) >= 11 is 0. The third-order valence-electron chi connectivity index (χ3n) is 6.23. The van der Waals surface area contributed by atoms with Gasteiger partial charge >= 0.3 is 0 Å². The van der Waals surface area contributed by atoms with Crippen LogP contribution in [0.1, 0.15) is 18.9 Å². The molecule has 0 atom stereocenters. The molecule has 4 heterocycles. The maximum atomic E-state index is 13.2. The van der Waals surface area contributed by atoms with Crippen LogP contribution in [0.15, 0.2) is 90.0 Å². The lowest BCUT2D eigenvalue weighted by Gasteiger charge is -2.28. The minimum absolute atomic E-state index is 0.0367. The van der Waals surface area contributed by atoms with Crippen molar-refractivity contribution >= 4 is 22.4 Å². The van der Waals surface area contributed by atoms with Crippen LogP contribution in [-0.4, -0.2) is 45.1 Å². The Bertz CT molecular complexity index is 1240. The van der Waals surface area contributed by atoms with E-state index < -0.39 is 0 Å². The molecule has 0 N–H and O–H groups in total. The van der Waals surface area contributed by atoms with E-state index in [0.29, 0.717) is 0 Å². The molecule has 5 nitrogen and oxygen atoms in total. The van der Waals surface area contributed by atoms with E-state index in [4.69, 9.17) is 0 Å². The number of hydrogen-bond donors (Lipinski definition) is 0. The van der Waals surface area contributed by atoms with E-state index in [-0.39, 0.29) is 5.91 Å². The molecule has 1 amide bonds. The summed E-state index contributed by atoms with van der Waals surface area (Å²) in [6.45, 7) is 5.30. The van der Waals surface area contributed by atoms with E-state index in [1.807, 2.05) is 60.6 Å². The Hall–Kier alpha value is -3.44. The molecule has 0 saturated carbocycles. The number of aryl methyl sites for hydroxylation is 1. The first kappa shape index (κ1) is 19.5. The van der Waals surface area contributed by atoms with Crippen molar-refractivity contribution in [3.05, 3.63) is 95.5 Å². The Morgan fingerprint density at radius 2 is 2.03 bits per heavy atom. The van der Waals surface area contributed by atoms with Gasteiger partial charge in [0.15, 0.2) is 0 Å². The molecule has 5 heteroatoms. The highest BCUT2D eigenvalue weighted by Crippen LogP contribution is 2.29. The molecule has 0 radical (unpaired) electrons. The Kier molecular flexibility index (Phi) is 5.04. The molecule has 0 unspecified atom stereocenters. The largest absolute Gasteiger partial charge is 0.300 e. The topological polar surface area (TPSA) is 41.4 Å². The fourth-order valence-electron chi connectivity index (χ4n) is 4.31. The van der Waals surface area contributed by atoms with Gasteiger partial charge in [-0.25, -0.2) is 0 Å². The van der Waals surface area contributed by atoms with Crippen LogP contribution in [0.4, 0.5) is 0 Å². The molecule has 1 aromatic heterocycles. The molecule has 3 aliphatic rings. The van der Waals surface area contributed by atoms with Crippen LogP contribution in [0, 0.1) is 0 Å². The molecule has 0 bridgehead atoms. The van der Waals surface area contributed by atoms with E-state index in [1.165, 1.54) is 5.57 Å². The molecule has 0 aliphatic carbocycles. The van der Waals surface area contributed by atoms with Crippen LogP contribution < -0.4 is 0 Å². The van der Waals surface area contributed by atoms with Crippen LogP contribution in [0.3, 0.4) is 0 Å². The zero-order valence-corrected chi connectivity index (χ0v) is 18.0. The lowest BCUT2D eigenvalue weighted by atomic mass is 9.96. The van der Waals surface area contributed by atoms with Crippen molar-refractivity contribution in [2.75, 3.05) is 19.6 Å². The summed E-state index contributed by atoms with van der Waals surface area (Å²) in [4.78, 5) is 17.4. The number of amides is 1. The third-order valence-corrected chi connectivity index (χ3v) is 6.23. The number of fused-ring (bicyclic) bond motifs is 2. The van der Waals surface area contributed by atoms with Crippen molar-refractivity contribution in [1.82, 2.24) is 19.6 Å². The second-order valence-electron chi connectivity index (χ2n) is 8.09. The SMILES string of the molecule is CCN1CC=C(C2=CN3C(=O)/C=C(c4ccc5c(cnn5C)c4)\C=C\C=C3C=C2)CC1. The number of nitrogens with zero attached hydrogens (tertiary/aromatic N) is 4. The van der Waals surface area contributed by atoms with Gasteiger partial charge in [-0.15, -0.1) is 0 Å². The Balaban J connectivity index is 1.46. The molecule has 31 heavy (non-hydrogen) atoms. The summed E-state index contributed by atoms with van der Waals surface area (Å²) in [5.41, 5.74) is 6.30. The zero-order chi connectivity index (χ0) is 21.4. The molecule has 5 rings (SSSR count). The van der Waals surface area contributed by atoms with Crippen molar-refractivity contribution in [3.63, 3.8) is 0 Å². The van der Waals surface area contributed by atoms with Crippen LogP contribution in [-0.2, 0) is 11.8 Å². The standard InChI is InChI=1S/C26H26N4O/c1-3-29-13-11-19(12-14-29)22-7-9-24-6-4-5-20(16-26(31)30(24)18-22)21-8-10-25-23(15-21)17-27-28(25)2/h4-11,15-18H,3,12-14H2,1-2H3/b5-4+,20-16+,24-6?. The quantitative estimate of drug-likeness (QED) is 0.756. The summed E-state index contributed by atoms with van der Waals surface area (Å²) in [6, 6.07) is 6.18. The number of likely N-dealkylation sites (N-methyl/N-ethyl adjacent to an activating group) is 1. The van der Waals surface area contributed by atoms with Crippen LogP contribution in [0.25, 0.3) is 16.5 Å². The predicted octanol–water partition coefficient (Wildman–Crippen LogP) is 4.34. The number of aromatic nitrogens is 2. The van der Waals surface area contributed by atoms with Crippen LogP contribution >= 0.6 is 0 Å². The monoisotopic (exact) mass is 410 g/mol. The van der Waals surface area contributed by atoms with Crippen molar-refractivity contribution < 1.29 is 4.79 Å². The molecule has 2 aromatic rings. The highest BCUT2D eigenvalue weighted by atomic mass is 16.2. The summed E-state index contributed by atoms with van der Waals surface area (Å²) in [5, 5.41) is 5.38. The average molecular weight is 411 g/mol. The Morgan fingerprint density at radius 1 is 1.13 bits per heavy atom. The highest BCUT2D eigenvalue weighted by molar-refractivity contribution is 6.00. The lowest BCUT2D eigenvalue weighted by Crippen LogP contribution is -2.30.